The Kier molecular flexibility index (Phi) is 6.92. The summed E-state index contributed by atoms with van der Waals surface area (Å²) in [6, 6.07) is 3.40. The van der Waals surface area contributed by atoms with Gasteiger partial charge in [0.1, 0.15) is 24.7 Å². The van der Waals surface area contributed by atoms with Crippen LogP contribution in [0.3, 0.4) is 0 Å². The molecule has 0 bridgehead atoms. The predicted octanol–water partition coefficient (Wildman–Crippen LogP) is 3.85. The van der Waals surface area contributed by atoms with Gasteiger partial charge in [0.15, 0.2) is 6.10 Å². The van der Waals surface area contributed by atoms with Crippen molar-refractivity contribution in [2.24, 2.45) is 0 Å². The van der Waals surface area contributed by atoms with Crippen LogP contribution >= 0.6 is 15.9 Å². The quantitative estimate of drug-likeness (QED) is 0.607. The molecule has 1 aromatic rings. The highest BCUT2D eigenvalue weighted by molar-refractivity contribution is 9.10. The van der Waals surface area contributed by atoms with E-state index < -0.39 is 0 Å². The molecule has 1 rings (SSSR count). The number of benzene rings is 1. The van der Waals surface area contributed by atoms with Gasteiger partial charge in [-0.05, 0) is 28.9 Å². The van der Waals surface area contributed by atoms with Gasteiger partial charge in [-0.3, -0.25) is 0 Å². The molecule has 1 aromatic carbocycles. The lowest BCUT2D eigenvalue weighted by Gasteiger charge is -2.15. The first-order valence-electron chi connectivity index (χ1n) is 5.94. The normalized spacial score (nSPS) is 9.60. The van der Waals surface area contributed by atoms with Crippen molar-refractivity contribution in [3.8, 4) is 23.3 Å². The molecule has 0 aliphatic heterocycles. The minimum absolute atomic E-state index is 0.0532. The lowest BCUT2D eigenvalue weighted by atomic mass is 10.1. The fraction of sp³-hybridized carbons (Fsp3) is 0.188. The molecule has 0 fully saturated rings. The van der Waals surface area contributed by atoms with Crippen molar-refractivity contribution in [1.29, 1.82) is 0 Å². The SMILES string of the molecule is C=CCOc1cc(OCC=C)c([C](O)C#CC)cc1Br. The Bertz CT molecular complexity index is 541. The van der Waals surface area contributed by atoms with Gasteiger partial charge in [-0.15, -0.1) is 5.92 Å². The summed E-state index contributed by atoms with van der Waals surface area (Å²) in [5.41, 5.74) is 0.499. The molecule has 1 radical (unpaired) electrons. The van der Waals surface area contributed by atoms with E-state index in [4.69, 9.17) is 9.47 Å². The smallest absolute Gasteiger partial charge is 0.199 e. The largest absolute Gasteiger partial charge is 0.489 e. The molecule has 3 nitrogen and oxygen atoms in total. The molecule has 4 heteroatoms. The molecule has 0 aliphatic rings. The Labute approximate surface area is 128 Å². The van der Waals surface area contributed by atoms with E-state index in [9.17, 15) is 5.11 Å². The number of aliphatic hydroxyl groups excluding tert-OH is 1. The van der Waals surface area contributed by atoms with Gasteiger partial charge in [-0.2, -0.15) is 0 Å². The van der Waals surface area contributed by atoms with Crippen LogP contribution in [0.25, 0.3) is 0 Å². The first-order chi connectivity index (χ1) is 9.63. The second-order valence-electron chi connectivity index (χ2n) is 3.70. The van der Waals surface area contributed by atoms with E-state index >= 15 is 0 Å². The maximum atomic E-state index is 9.95. The van der Waals surface area contributed by atoms with Gasteiger partial charge in [-0.1, -0.05) is 31.2 Å². The number of ether oxygens (including phenoxy) is 2. The molecule has 0 unspecified atom stereocenters. The van der Waals surface area contributed by atoms with Crippen LogP contribution < -0.4 is 9.47 Å². The van der Waals surface area contributed by atoms with Crippen molar-refractivity contribution in [1.82, 2.24) is 0 Å². The van der Waals surface area contributed by atoms with E-state index in [1.54, 1.807) is 31.2 Å². The van der Waals surface area contributed by atoms with Crippen LogP contribution in [0.5, 0.6) is 11.5 Å². The summed E-state index contributed by atoms with van der Waals surface area (Å²) < 4.78 is 11.7. The molecular weight excluding hydrogens is 320 g/mol. The molecule has 0 saturated carbocycles. The Morgan fingerprint density at radius 1 is 1.25 bits per heavy atom. The van der Waals surface area contributed by atoms with E-state index in [1.165, 1.54) is 0 Å². The summed E-state index contributed by atoms with van der Waals surface area (Å²) in [6.07, 6.45) is 3.22. The third kappa shape index (κ3) is 4.44. The third-order valence-corrected chi connectivity index (χ3v) is 2.87. The summed E-state index contributed by atoms with van der Waals surface area (Å²) in [5, 5.41) is 9.95. The fourth-order valence-corrected chi connectivity index (χ4v) is 1.89. The van der Waals surface area contributed by atoms with Gasteiger partial charge in [-0.25, -0.2) is 0 Å². The first kappa shape index (κ1) is 16.4. The Balaban J connectivity index is 3.18. The topological polar surface area (TPSA) is 38.7 Å². The van der Waals surface area contributed by atoms with Gasteiger partial charge in [0.05, 0.1) is 4.47 Å². The van der Waals surface area contributed by atoms with Crippen LogP contribution in [0.1, 0.15) is 12.5 Å². The summed E-state index contributed by atoms with van der Waals surface area (Å²) in [4.78, 5) is 0. The first-order valence-corrected chi connectivity index (χ1v) is 6.73. The number of aliphatic hydroxyl groups is 1. The van der Waals surface area contributed by atoms with E-state index in [2.05, 4.69) is 40.9 Å². The molecule has 20 heavy (non-hydrogen) atoms. The Hall–Kier alpha value is -1.70. The minimum Gasteiger partial charge on any atom is -0.489 e. The standard InChI is InChI=1S/C16H16BrO3/c1-4-7-14(18)12-10-13(17)16(20-9-6-3)11-15(12)19-8-5-2/h5-6,10-11,18H,2-3,8-9H2,1H3. The second kappa shape index (κ2) is 8.47. The van der Waals surface area contributed by atoms with Crippen molar-refractivity contribution < 1.29 is 14.6 Å². The molecule has 0 atom stereocenters. The third-order valence-electron chi connectivity index (χ3n) is 2.25. The monoisotopic (exact) mass is 335 g/mol. The van der Waals surface area contributed by atoms with Crippen LogP contribution in [0.15, 0.2) is 41.9 Å². The summed E-state index contributed by atoms with van der Waals surface area (Å²) >= 11 is 3.39. The minimum atomic E-state index is -0.0532. The van der Waals surface area contributed by atoms with Crippen LogP contribution in [0.2, 0.25) is 0 Å². The van der Waals surface area contributed by atoms with Gasteiger partial charge >= 0.3 is 0 Å². The van der Waals surface area contributed by atoms with Crippen molar-refractivity contribution in [3.63, 3.8) is 0 Å². The second-order valence-corrected chi connectivity index (χ2v) is 4.56. The van der Waals surface area contributed by atoms with E-state index in [-0.39, 0.29) is 6.10 Å². The fourth-order valence-electron chi connectivity index (χ4n) is 1.43. The average Bonchev–Trinajstić information content (AvgIpc) is 2.44. The number of rotatable bonds is 7. The van der Waals surface area contributed by atoms with E-state index in [0.29, 0.717) is 34.7 Å². The highest BCUT2D eigenvalue weighted by Gasteiger charge is 2.17. The molecule has 0 amide bonds. The maximum absolute atomic E-state index is 9.95. The van der Waals surface area contributed by atoms with Crippen LogP contribution in [-0.2, 0) is 0 Å². The predicted molar refractivity (Wildman–Crippen MR) is 83.3 cm³/mol. The molecule has 0 heterocycles. The van der Waals surface area contributed by atoms with Crippen LogP contribution in [0.4, 0.5) is 0 Å². The summed E-state index contributed by atoms with van der Waals surface area (Å²) in [7, 11) is 0. The van der Waals surface area contributed by atoms with Gasteiger partial charge < -0.3 is 14.6 Å². The highest BCUT2D eigenvalue weighted by Crippen LogP contribution is 2.36. The van der Waals surface area contributed by atoms with Gasteiger partial charge in [0.2, 0.25) is 0 Å². The molecule has 1 N–H and O–H groups in total. The average molecular weight is 336 g/mol. The molecule has 105 valence electrons. The lowest BCUT2D eigenvalue weighted by Crippen LogP contribution is -2.04. The van der Waals surface area contributed by atoms with Crippen molar-refractivity contribution >= 4 is 15.9 Å². The molecular formula is C16H16BrO3. The van der Waals surface area contributed by atoms with Gasteiger partial charge in [0.25, 0.3) is 0 Å². The van der Waals surface area contributed by atoms with Gasteiger partial charge in [0, 0.05) is 11.6 Å². The zero-order chi connectivity index (χ0) is 15.0. The zero-order valence-electron chi connectivity index (χ0n) is 11.3. The summed E-state index contributed by atoms with van der Waals surface area (Å²) in [6.45, 7) is 9.55. The number of hydrogen-bond donors (Lipinski definition) is 1. The molecule has 0 aromatic heterocycles. The van der Waals surface area contributed by atoms with E-state index in [0.717, 1.165) is 0 Å². The zero-order valence-corrected chi connectivity index (χ0v) is 12.9. The van der Waals surface area contributed by atoms with E-state index in [1.807, 2.05) is 0 Å². The van der Waals surface area contributed by atoms with Crippen LogP contribution in [-0.4, -0.2) is 18.3 Å². The van der Waals surface area contributed by atoms with Crippen molar-refractivity contribution in [3.05, 3.63) is 53.6 Å². The number of halogens is 1. The summed E-state index contributed by atoms with van der Waals surface area (Å²) in [5.74, 6) is 6.33. The van der Waals surface area contributed by atoms with Crippen molar-refractivity contribution in [2.45, 2.75) is 6.92 Å². The Morgan fingerprint density at radius 3 is 2.40 bits per heavy atom. The highest BCUT2D eigenvalue weighted by atomic mass is 79.9. The van der Waals surface area contributed by atoms with Crippen LogP contribution in [0, 0.1) is 17.9 Å². The number of hydrogen-bond acceptors (Lipinski definition) is 3. The molecule has 0 saturated heterocycles. The van der Waals surface area contributed by atoms with Crippen molar-refractivity contribution in [2.75, 3.05) is 13.2 Å². The lowest BCUT2D eigenvalue weighted by molar-refractivity contribution is 0.327. The molecule has 0 aliphatic carbocycles. The maximum Gasteiger partial charge on any atom is 0.199 e. The molecule has 0 spiro atoms. The Morgan fingerprint density at radius 2 is 1.85 bits per heavy atom.